The number of carbonyl (C=O) groups is 1. The lowest BCUT2D eigenvalue weighted by molar-refractivity contribution is -0.140. The Balaban J connectivity index is 1.94. The van der Waals surface area contributed by atoms with E-state index in [0.717, 1.165) is 24.8 Å². The lowest BCUT2D eigenvalue weighted by atomic mass is 10.1. The van der Waals surface area contributed by atoms with Gasteiger partial charge in [-0.3, -0.25) is 4.79 Å². The number of amides is 1. The third kappa shape index (κ3) is 3.95. The lowest BCUT2D eigenvalue weighted by Gasteiger charge is -2.10. The molecule has 1 N–H and O–H groups in total. The second-order valence-corrected chi connectivity index (χ2v) is 5.03. The molecule has 0 spiro atoms. The van der Waals surface area contributed by atoms with Crippen molar-refractivity contribution in [3.63, 3.8) is 0 Å². The minimum absolute atomic E-state index is 0.176. The average Bonchev–Trinajstić information content (AvgIpc) is 3.17. The molecule has 20 heavy (non-hydrogen) atoms. The van der Waals surface area contributed by atoms with Crippen molar-refractivity contribution in [1.82, 2.24) is 5.32 Å². The topological polar surface area (TPSA) is 29.1 Å². The average molecular weight is 289 g/mol. The van der Waals surface area contributed by atoms with Crippen molar-refractivity contribution in [1.29, 1.82) is 0 Å². The molecule has 0 radical (unpaired) electrons. The van der Waals surface area contributed by atoms with E-state index in [2.05, 4.69) is 5.32 Å². The van der Waals surface area contributed by atoms with Gasteiger partial charge in [0.2, 0.25) is 0 Å². The molecule has 1 aromatic carbocycles. The zero-order valence-electron chi connectivity index (χ0n) is 10.8. The third-order valence-corrected chi connectivity index (χ3v) is 3.31. The highest BCUT2D eigenvalue weighted by molar-refractivity contribution is 5.94. The molecule has 0 atom stereocenters. The van der Waals surface area contributed by atoms with Crippen LogP contribution in [0.3, 0.4) is 0 Å². The lowest BCUT2D eigenvalue weighted by Crippen LogP contribution is -2.25. The summed E-state index contributed by atoms with van der Waals surface area (Å²) in [6.07, 6.45) is -0.519. The highest BCUT2D eigenvalue weighted by Gasteiger charge is 2.34. The van der Waals surface area contributed by atoms with Crippen LogP contribution >= 0.6 is 0 Å². The summed E-state index contributed by atoms with van der Waals surface area (Å²) in [4.78, 5) is 11.7. The van der Waals surface area contributed by atoms with E-state index >= 15 is 0 Å². The van der Waals surface area contributed by atoms with Gasteiger partial charge in [0.05, 0.1) is 5.56 Å². The van der Waals surface area contributed by atoms with Crippen molar-refractivity contribution in [2.24, 2.45) is 5.92 Å². The molecule has 2 nitrogen and oxygen atoms in total. The molecular weight excluding hydrogens is 274 g/mol. The van der Waals surface area contributed by atoms with Gasteiger partial charge in [0.25, 0.3) is 5.91 Å². The van der Waals surface area contributed by atoms with Crippen LogP contribution in [0.25, 0.3) is 0 Å². The van der Waals surface area contributed by atoms with Gasteiger partial charge < -0.3 is 5.32 Å². The molecule has 110 valence electrons. The summed E-state index contributed by atoms with van der Waals surface area (Å²) in [6.45, 7) is 0.425. The van der Waals surface area contributed by atoms with Gasteiger partial charge in [-0.1, -0.05) is 12.8 Å². The predicted octanol–water partition coefficient (Wildman–Crippen LogP) is 3.76. The zero-order valence-corrected chi connectivity index (χ0v) is 10.8. The smallest absolute Gasteiger partial charge is 0.352 e. The first-order valence-corrected chi connectivity index (χ1v) is 6.53. The van der Waals surface area contributed by atoms with Gasteiger partial charge in [0, 0.05) is 12.1 Å². The molecule has 2 rings (SSSR count). The molecule has 1 fully saturated rings. The normalized spacial score (nSPS) is 15.2. The zero-order chi connectivity index (χ0) is 14.8. The number of hydrogen-bond acceptors (Lipinski definition) is 1. The van der Waals surface area contributed by atoms with Crippen molar-refractivity contribution >= 4 is 5.91 Å². The van der Waals surface area contributed by atoms with Gasteiger partial charge >= 0.3 is 6.18 Å². The van der Waals surface area contributed by atoms with Gasteiger partial charge in [-0.05, 0) is 37.0 Å². The van der Waals surface area contributed by atoms with Crippen molar-refractivity contribution < 1.29 is 22.4 Å². The fourth-order valence-corrected chi connectivity index (χ4v) is 1.98. The maximum atomic E-state index is 13.1. The highest BCUT2D eigenvalue weighted by atomic mass is 19.4. The molecule has 1 saturated carbocycles. The Hall–Kier alpha value is -1.59. The van der Waals surface area contributed by atoms with Crippen LogP contribution in [0.2, 0.25) is 0 Å². The summed E-state index contributed by atoms with van der Waals surface area (Å²) in [5.74, 6) is -1.23. The van der Waals surface area contributed by atoms with Crippen LogP contribution in [-0.4, -0.2) is 12.5 Å². The van der Waals surface area contributed by atoms with Crippen LogP contribution in [0.15, 0.2) is 18.2 Å². The molecule has 1 aromatic rings. The number of benzene rings is 1. The van der Waals surface area contributed by atoms with Crippen LogP contribution in [0.5, 0.6) is 0 Å². The predicted molar refractivity (Wildman–Crippen MR) is 65.7 cm³/mol. The molecular formula is C14H15F4NO. The van der Waals surface area contributed by atoms with Gasteiger partial charge in [0.15, 0.2) is 0 Å². The Bertz CT molecular complexity index is 494. The van der Waals surface area contributed by atoms with Crippen molar-refractivity contribution in [3.05, 3.63) is 35.1 Å². The minimum atomic E-state index is -4.80. The Morgan fingerprint density at radius 3 is 2.60 bits per heavy atom. The maximum absolute atomic E-state index is 13.1. The van der Waals surface area contributed by atoms with Crippen LogP contribution < -0.4 is 5.32 Å². The van der Waals surface area contributed by atoms with Crippen LogP contribution in [-0.2, 0) is 6.18 Å². The minimum Gasteiger partial charge on any atom is -0.352 e. The first kappa shape index (κ1) is 14.8. The standard InChI is InChI=1S/C14H15F4NO/c15-12-6-5-10(8-11(12)14(16,17)18)13(20)19-7-1-2-9-3-4-9/h5-6,8-9H,1-4,7H2,(H,19,20). The Labute approximate surface area is 114 Å². The number of halogens is 4. The summed E-state index contributed by atoms with van der Waals surface area (Å²) in [5.41, 5.74) is -1.59. The second-order valence-electron chi connectivity index (χ2n) is 5.03. The molecule has 6 heteroatoms. The third-order valence-electron chi connectivity index (χ3n) is 3.31. The summed E-state index contributed by atoms with van der Waals surface area (Å²) in [6, 6.07) is 2.27. The van der Waals surface area contributed by atoms with Gasteiger partial charge in [-0.2, -0.15) is 13.2 Å². The van der Waals surface area contributed by atoms with Gasteiger partial charge in [-0.15, -0.1) is 0 Å². The number of rotatable bonds is 5. The van der Waals surface area contributed by atoms with E-state index in [1.165, 1.54) is 12.8 Å². The van der Waals surface area contributed by atoms with Gasteiger partial charge in [0.1, 0.15) is 5.82 Å². The van der Waals surface area contributed by atoms with E-state index < -0.39 is 23.5 Å². The van der Waals surface area contributed by atoms with Crippen LogP contribution in [0.1, 0.15) is 41.6 Å². The summed E-state index contributed by atoms with van der Waals surface area (Å²) >= 11 is 0. The van der Waals surface area contributed by atoms with Crippen LogP contribution in [0.4, 0.5) is 17.6 Å². The maximum Gasteiger partial charge on any atom is 0.419 e. The van der Waals surface area contributed by atoms with Crippen molar-refractivity contribution in [2.75, 3.05) is 6.54 Å². The molecule has 0 bridgehead atoms. The first-order chi connectivity index (χ1) is 9.38. The van der Waals surface area contributed by atoms with E-state index in [1.54, 1.807) is 0 Å². The molecule has 1 aliphatic carbocycles. The number of hydrogen-bond donors (Lipinski definition) is 1. The molecule has 0 saturated heterocycles. The molecule has 0 unspecified atom stereocenters. The SMILES string of the molecule is O=C(NCCCC1CC1)c1ccc(F)c(C(F)(F)F)c1. The fourth-order valence-electron chi connectivity index (χ4n) is 1.98. The number of alkyl halides is 3. The summed E-state index contributed by atoms with van der Waals surface area (Å²) in [7, 11) is 0. The fraction of sp³-hybridized carbons (Fsp3) is 0.500. The summed E-state index contributed by atoms with van der Waals surface area (Å²) in [5, 5.41) is 2.55. The largest absolute Gasteiger partial charge is 0.419 e. The summed E-state index contributed by atoms with van der Waals surface area (Å²) < 4.78 is 50.6. The molecule has 1 amide bonds. The van der Waals surface area contributed by atoms with E-state index in [9.17, 15) is 22.4 Å². The number of carbonyl (C=O) groups excluding carboxylic acids is 1. The van der Waals surface area contributed by atoms with Crippen LogP contribution in [0, 0.1) is 11.7 Å². The number of nitrogens with one attached hydrogen (secondary N) is 1. The van der Waals surface area contributed by atoms with Gasteiger partial charge in [-0.25, -0.2) is 4.39 Å². The van der Waals surface area contributed by atoms with E-state index in [4.69, 9.17) is 0 Å². The first-order valence-electron chi connectivity index (χ1n) is 6.53. The van der Waals surface area contributed by atoms with E-state index in [0.29, 0.717) is 18.7 Å². The Morgan fingerprint density at radius 1 is 1.30 bits per heavy atom. The van der Waals surface area contributed by atoms with E-state index in [-0.39, 0.29) is 5.56 Å². The Kier molecular flexibility index (Phi) is 4.30. The van der Waals surface area contributed by atoms with Crippen molar-refractivity contribution in [2.45, 2.75) is 31.9 Å². The molecule has 0 heterocycles. The monoisotopic (exact) mass is 289 g/mol. The Morgan fingerprint density at radius 2 is 2.00 bits per heavy atom. The molecule has 0 aromatic heterocycles. The molecule has 1 aliphatic rings. The second kappa shape index (κ2) is 5.81. The van der Waals surface area contributed by atoms with Crippen molar-refractivity contribution in [3.8, 4) is 0 Å². The highest BCUT2D eigenvalue weighted by Crippen LogP contribution is 2.33. The quantitative estimate of drug-likeness (QED) is 0.649. The molecule has 0 aliphatic heterocycles. The van der Waals surface area contributed by atoms with E-state index in [1.807, 2.05) is 0 Å².